The average Bonchev–Trinajstić information content (AvgIpc) is 3.22. The highest BCUT2D eigenvalue weighted by Gasteiger charge is 2.31. The second-order valence-electron chi connectivity index (χ2n) is 12.3. The Kier molecular flexibility index (Phi) is 8.05. The minimum absolute atomic E-state index is 0.233. The van der Waals surface area contributed by atoms with E-state index < -0.39 is 0 Å². The zero-order valence-corrected chi connectivity index (χ0v) is 23.2. The van der Waals surface area contributed by atoms with E-state index in [9.17, 15) is 0 Å². The van der Waals surface area contributed by atoms with Gasteiger partial charge in [0.15, 0.2) is 0 Å². The highest BCUT2D eigenvalue weighted by atomic mass is 16.7. The minimum atomic E-state index is -0.279. The van der Waals surface area contributed by atoms with Gasteiger partial charge in [0, 0.05) is 12.3 Å². The molecule has 0 amide bonds. The van der Waals surface area contributed by atoms with Crippen molar-refractivity contribution < 1.29 is 9.47 Å². The van der Waals surface area contributed by atoms with Crippen LogP contribution in [-0.4, -0.2) is 12.9 Å². The van der Waals surface area contributed by atoms with Crippen molar-refractivity contribution in [3.63, 3.8) is 0 Å². The van der Waals surface area contributed by atoms with Crippen molar-refractivity contribution in [2.24, 2.45) is 11.3 Å². The molecule has 5 rings (SSSR count). The van der Waals surface area contributed by atoms with Crippen LogP contribution in [0.2, 0.25) is 0 Å². The summed E-state index contributed by atoms with van der Waals surface area (Å²) in [6.45, 7) is 9.98. The summed E-state index contributed by atoms with van der Waals surface area (Å²) >= 11 is 0. The Bertz CT molecular complexity index is 1100. The molecule has 2 aliphatic carbocycles. The van der Waals surface area contributed by atoms with Crippen LogP contribution in [0.25, 0.3) is 11.1 Å². The molecule has 2 heteroatoms. The van der Waals surface area contributed by atoms with E-state index in [2.05, 4.69) is 100 Å². The first-order valence-corrected chi connectivity index (χ1v) is 14.5. The maximum absolute atomic E-state index is 6.59. The van der Waals surface area contributed by atoms with E-state index in [1.165, 1.54) is 59.9 Å². The molecule has 0 bridgehead atoms. The Labute approximate surface area is 224 Å². The van der Waals surface area contributed by atoms with Gasteiger partial charge in [-0.15, -0.1) is 0 Å². The summed E-state index contributed by atoms with van der Waals surface area (Å²) in [6.07, 6.45) is 8.53. The molecule has 3 aromatic carbocycles. The normalized spacial score (nSPS) is 17.7. The first kappa shape index (κ1) is 26.0. The summed E-state index contributed by atoms with van der Waals surface area (Å²) in [4.78, 5) is 0. The number of benzene rings is 3. The third kappa shape index (κ3) is 6.12. The van der Waals surface area contributed by atoms with Gasteiger partial charge in [0.1, 0.15) is 5.75 Å². The Hall–Kier alpha value is -2.58. The molecule has 0 aliphatic heterocycles. The maximum Gasteiger partial charge on any atom is 0.200 e. The van der Waals surface area contributed by atoms with E-state index in [4.69, 9.17) is 9.47 Å². The van der Waals surface area contributed by atoms with Gasteiger partial charge in [-0.25, -0.2) is 0 Å². The van der Waals surface area contributed by atoms with Crippen LogP contribution in [0.15, 0.2) is 72.8 Å². The van der Waals surface area contributed by atoms with E-state index in [0.29, 0.717) is 5.92 Å². The van der Waals surface area contributed by atoms with Crippen molar-refractivity contribution in [1.82, 2.24) is 0 Å². The van der Waals surface area contributed by atoms with Crippen LogP contribution >= 0.6 is 0 Å². The molecule has 37 heavy (non-hydrogen) atoms. The zero-order valence-electron chi connectivity index (χ0n) is 23.2. The first-order chi connectivity index (χ1) is 17.9. The summed E-state index contributed by atoms with van der Waals surface area (Å²) < 4.78 is 13.1. The van der Waals surface area contributed by atoms with Gasteiger partial charge >= 0.3 is 0 Å². The van der Waals surface area contributed by atoms with E-state index in [1.54, 1.807) is 0 Å². The summed E-state index contributed by atoms with van der Waals surface area (Å²) in [5, 5.41) is 0. The summed E-state index contributed by atoms with van der Waals surface area (Å²) in [5.74, 6) is 2.47. The molecule has 0 heterocycles. The molecule has 0 spiro atoms. The van der Waals surface area contributed by atoms with Crippen LogP contribution in [0.3, 0.4) is 0 Å². The number of ether oxygens (including phenoxy) is 2. The van der Waals surface area contributed by atoms with E-state index in [0.717, 1.165) is 31.1 Å². The average molecular weight is 497 g/mol. The van der Waals surface area contributed by atoms with Crippen LogP contribution < -0.4 is 4.74 Å². The molecule has 0 saturated heterocycles. The van der Waals surface area contributed by atoms with Crippen LogP contribution in [0, 0.1) is 11.3 Å². The van der Waals surface area contributed by atoms with E-state index in [1.807, 2.05) is 0 Å². The smallest absolute Gasteiger partial charge is 0.200 e. The number of rotatable bonds is 9. The molecule has 1 saturated carbocycles. The third-order valence-corrected chi connectivity index (χ3v) is 8.89. The molecule has 0 N–H and O–H groups in total. The lowest BCUT2D eigenvalue weighted by atomic mass is 9.78. The van der Waals surface area contributed by atoms with Crippen LogP contribution in [-0.2, 0) is 4.74 Å². The fourth-order valence-corrected chi connectivity index (χ4v) is 6.19. The molecule has 3 aromatic rings. The molecule has 0 aromatic heterocycles. The molecule has 2 unspecified atom stereocenters. The third-order valence-electron chi connectivity index (χ3n) is 8.89. The molecular weight excluding hydrogens is 452 g/mol. The lowest BCUT2D eigenvalue weighted by molar-refractivity contribution is -0.0902. The Balaban J connectivity index is 1.34. The maximum atomic E-state index is 6.59. The van der Waals surface area contributed by atoms with Gasteiger partial charge in [0.2, 0.25) is 6.29 Å². The van der Waals surface area contributed by atoms with Gasteiger partial charge in [-0.3, -0.25) is 0 Å². The number of hydrogen-bond donors (Lipinski definition) is 0. The van der Waals surface area contributed by atoms with Gasteiger partial charge in [-0.2, -0.15) is 0 Å². The van der Waals surface area contributed by atoms with Crippen molar-refractivity contribution >= 4 is 0 Å². The topological polar surface area (TPSA) is 18.5 Å². The monoisotopic (exact) mass is 496 g/mol. The van der Waals surface area contributed by atoms with Gasteiger partial charge in [-0.05, 0) is 63.6 Å². The van der Waals surface area contributed by atoms with Gasteiger partial charge < -0.3 is 9.47 Å². The van der Waals surface area contributed by atoms with Gasteiger partial charge in [0.25, 0.3) is 0 Å². The second-order valence-corrected chi connectivity index (χ2v) is 12.3. The highest BCUT2D eigenvalue weighted by molar-refractivity contribution is 5.78. The zero-order chi connectivity index (χ0) is 25.8. The molecule has 196 valence electrons. The van der Waals surface area contributed by atoms with Crippen molar-refractivity contribution in [3.8, 4) is 16.9 Å². The van der Waals surface area contributed by atoms with Crippen molar-refractivity contribution in [2.75, 3.05) is 6.61 Å². The molecular formula is C35H44O2. The predicted octanol–water partition coefficient (Wildman–Crippen LogP) is 9.73. The molecule has 2 atom stereocenters. The van der Waals surface area contributed by atoms with E-state index in [-0.39, 0.29) is 17.6 Å². The van der Waals surface area contributed by atoms with Crippen molar-refractivity contribution in [3.05, 3.63) is 89.5 Å². The van der Waals surface area contributed by atoms with Crippen LogP contribution in [0.1, 0.15) is 101 Å². The lowest BCUT2D eigenvalue weighted by Gasteiger charge is -2.28. The Morgan fingerprint density at radius 3 is 1.97 bits per heavy atom. The standard InChI is InChI=1S/C35H44O2/c1-25(35(2,3)4)27-18-20-28(21-19-27)37-34(36-23-22-26-12-6-5-7-13-26)24-33-31-16-10-8-14-29(31)30-15-9-11-17-32(30)33/h8-11,14-21,25-26,33-34H,5-7,12-13,22-24H2,1-4H3. The Morgan fingerprint density at radius 2 is 1.38 bits per heavy atom. The highest BCUT2D eigenvalue weighted by Crippen LogP contribution is 2.47. The van der Waals surface area contributed by atoms with Gasteiger partial charge in [0.05, 0.1) is 6.61 Å². The van der Waals surface area contributed by atoms with Gasteiger partial charge in [-0.1, -0.05) is 120 Å². The summed E-state index contributed by atoms with van der Waals surface area (Å²) in [6, 6.07) is 26.4. The molecule has 2 nitrogen and oxygen atoms in total. The quantitative estimate of drug-likeness (QED) is 0.274. The molecule has 0 radical (unpaired) electrons. The van der Waals surface area contributed by atoms with E-state index >= 15 is 0 Å². The largest absolute Gasteiger partial charge is 0.465 e. The lowest BCUT2D eigenvalue weighted by Crippen LogP contribution is -2.25. The van der Waals surface area contributed by atoms with Crippen LogP contribution in [0.5, 0.6) is 5.75 Å². The fraction of sp³-hybridized carbons (Fsp3) is 0.486. The summed E-state index contributed by atoms with van der Waals surface area (Å²) in [5.41, 5.74) is 7.07. The second kappa shape index (κ2) is 11.4. The minimum Gasteiger partial charge on any atom is -0.465 e. The number of hydrogen-bond acceptors (Lipinski definition) is 2. The fourth-order valence-electron chi connectivity index (χ4n) is 6.19. The SMILES string of the molecule is CC(c1ccc(OC(CC2c3ccccc3-c3ccccc32)OCCC2CCCCC2)cc1)C(C)(C)C. The van der Waals surface area contributed by atoms with Crippen molar-refractivity contribution in [2.45, 2.75) is 90.8 Å². The molecule has 2 aliphatic rings. The summed E-state index contributed by atoms with van der Waals surface area (Å²) in [7, 11) is 0. The predicted molar refractivity (Wildman–Crippen MR) is 154 cm³/mol. The van der Waals surface area contributed by atoms with Crippen molar-refractivity contribution in [1.29, 1.82) is 0 Å². The molecule has 1 fully saturated rings. The number of fused-ring (bicyclic) bond motifs is 3. The first-order valence-electron chi connectivity index (χ1n) is 14.5. The Morgan fingerprint density at radius 1 is 0.784 bits per heavy atom. The van der Waals surface area contributed by atoms with Crippen LogP contribution in [0.4, 0.5) is 0 Å².